The maximum atomic E-state index is 11.1. The molecule has 5 N–H and O–H groups in total. The van der Waals surface area contributed by atoms with E-state index in [-0.39, 0.29) is 17.7 Å². The highest BCUT2D eigenvalue weighted by atomic mass is 16.5. The minimum atomic E-state index is -0.0777. The molecule has 41 heavy (non-hydrogen) atoms. The number of nitrogens with one attached hydrogen (secondary N) is 2. The maximum Gasteiger partial charge on any atom is 0.216 e. The molecule has 10 heteroatoms. The van der Waals surface area contributed by atoms with E-state index in [1.54, 1.807) is 24.4 Å². The number of benzene rings is 2. The molecule has 0 spiro atoms. The van der Waals surface area contributed by atoms with E-state index in [0.717, 1.165) is 45.6 Å². The van der Waals surface area contributed by atoms with E-state index >= 15 is 0 Å². The Morgan fingerprint density at radius 3 is 2.85 bits per heavy atom. The van der Waals surface area contributed by atoms with Gasteiger partial charge < -0.3 is 30.9 Å². The molecule has 1 saturated heterocycles. The van der Waals surface area contributed by atoms with Crippen LogP contribution in [0.25, 0.3) is 16.6 Å². The van der Waals surface area contributed by atoms with Crippen molar-refractivity contribution < 1.29 is 19.4 Å². The van der Waals surface area contributed by atoms with Crippen molar-refractivity contribution in [1.82, 2.24) is 14.9 Å². The second-order valence-corrected chi connectivity index (χ2v) is 10.2. The number of fused-ring (bicyclic) bond motifs is 1. The number of rotatable bonds is 10. The number of nitrogens with zero attached hydrogens (tertiary/aromatic N) is 3. The van der Waals surface area contributed by atoms with Crippen LogP contribution < -0.4 is 21.1 Å². The Balaban J connectivity index is 1.50. The van der Waals surface area contributed by atoms with Crippen molar-refractivity contribution in [2.75, 3.05) is 31.7 Å². The summed E-state index contributed by atoms with van der Waals surface area (Å²) in [4.78, 5) is 15.8. The Kier molecular flexibility index (Phi) is 8.39. The van der Waals surface area contributed by atoms with Crippen molar-refractivity contribution in [3.63, 3.8) is 0 Å². The second kappa shape index (κ2) is 12.3. The number of aliphatic imine (C=N–C) groups is 1. The molecule has 0 saturated carbocycles. The number of ether oxygens (including phenoxy) is 2. The van der Waals surface area contributed by atoms with E-state index in [1.165, 1.54) is 6.92 Å². The van der Waals surface area contributed by atoms with Gasteiger partial charge in [0.25, 0.3) is 0 Å². The molecule has 1 fully saturated rings. The molecule has 2 aromatic heterocycles. The number of phenols is 1. The SMILES string of the molecule is CCc1cc(O)ccc1N=C(N)c1cnn2cc(-c3ccc(OCCNC(C)=O)cc3C)cc2c1NC1CCOC1. The van der Waals surface area contributed by atoms with Gasteiger partial charge in [0.05, 0.1) is 47.8 Å². The zero-order chi connectivity index (χ0) is 28.9. The highest BCUT2D eigenvalue weighted by Crippen LogP contribution is 2.33. The maximum absolute atomic E-state index is 11.1. The average Bonchev–Trinajstić information content (AvgIpc) is 3.62. The average molecular weight is 557 g/mol. The summed E-state index contributed by atoms with van der Waals surface area (Å²) in [7, 11) is 0. The molecule has 10 nitrogen and oxygen atoms in total. The van der Waals surface area contributed by atoms with E-state index in [4.69, 9.17) is 20.2 Å². The van der Waals surface area contributed by atoms with Gasteiger partial charge in [-0.05, 0) is 72.9 Å². The van der Waals surface area contributed by atoms with Crippen LogP contribution in [-0.2, 0) is 16.0 Å². The van der Waals surface area contributed by atoms with Crippen molar-refractivity contribution in [3.05, 3.63) is 71.5 Å². The number of amidine groups is 1. The number of phenolic OH excluding ortho intramolecular Hbond substituents is 1. The summed E-state index contributed by atoms with van der Waals surface area (Å²) in [6.07, 6.45) is 5.33. The van der Waals surface area contributed by atoms with Gasteiger partial charge in [-0.25, -0.2) is 9.51 Å². The molecule has 214 valence electrons. The number of carbonyl (C=O) groups is 1. The zero-order valence-corrected chi connectivity index (χ0v) is 23.6. The summed E-state index contributed by atoms with van der Waals surface area (Å²) in [6, 6.07) is 13.3. The number of aromatic hydroxyl groups is 1. The Morgan fingerprint density at radius 1 is 1.27 bits per heavy atom. The third kappa shape index (κ3) is 6.44. The molecule has 1 aliphatic heterocycles. The molecule has 1 aliphatic rings. The zero-order valence-electron chi connectivity index (χ0n) is 23.6. The summed E-state index contributed by atoms with van der Waals surface area (Å²) in [5.74, 6) is 1.20. The number of hydrogen-bond acceptors (Lipinski definition) is 7. The molecule has 1 atom stereocenters. The van der Waals surface area contributed by atoms with Gasteiger partial charge in [0.2, 0.25) is 5.91 Å². The number of hydrogen-bond donors (Lipinski definition) is 4. The van der Waals surface area contributed by atoms with Crippen LogP contribution in [0.15, 0.2) is 59.9 Å². The van der Waals surface area contributed by atoms with Crippen molar-refractivity contribution in [2.45, 2.75) is 39.7 Å². The topological polar surface area (TPSA) is 136 Å². The van der Waals surface area contributed by atoms with Gasteiger partial charge in [-0.3, -0.25) is 4.79 Å². The van der Waals surface area contributed by atoms with Crippen molar-refractivity contribution in [1.29, 1.82) is 0 Å². The highest BCUT2D eigenvalue weighted by Gasteiger charge is 2.21. The van der Waals surface area contributed by atoms with Crippen LogP contribution >= 0.6 is 0 Å². The number of anilines is 1. The lowest BCUT2D eigenvalue weighted by Crippen LogP contribution is -2.25. The van der Waals surface area contributed by atoms with Crippen LogP contribution in [0.4, 0.5) is 11.4 Å². The fourth-order valence-electron chi connectivity index (χ4n) is 5.00. The molecule has 0 bridgehead atoms. The minimum absolute atomic E-state index is 0.0777. The van der Waals surface area contributed by atoms with Gasteiger partial charge in [-0.1, -0.05) is 13.0 Å². The summed E-state index contributed by atoms with van der Waals surface area (Å²) in [5, 5.41) is 21.0. The van der Waals surface area contributed by atoms with E-state index < -0.39 is 0 Å². The fraction of sp³-hybridized carbons (Fsp3) is 0.323. The highest BCUT2D eigenvalue weighted by molar-refractivity contribution is 6.06. The fourth-order valence-corrected chi connectivity index (χ4v) is 5.00. The number of amides is 1. The Labute approximate surface area is 239 Å². The van der Waals surface area contributed by atoms with Crippen LogP contribution in [0.3, 0.4) is 0 Å². The third-order valence-corrected chi connectivity index (χ3v) is 7.13. The first-order valence-corrected chi connectivity index (χ1v) is 13.8. The molecule has 0 aliphatic carbocycles. The van der Waals surface area contributed by atoms with Gasteiger partial charge in [0.1, 0.15) is 23.9 Å². The summed E-state index contributed by atoms with van der Waals surface area (Å²) < 4.78 is 13.3. The monoisotopic (exact) mass is 556 g/mol. The predicted molar refractivity (Wildman–Crippen MR) is 160 cm³/mol. The van der Waals surface area contributed by atoms with Crippen LogP contribution in [-0.4, -0.2) is 58.9 Å². The molecule has 1 amide bonds. The molecule has 1 unspecified atom stereocenters. The van der Waals surface area contributed by atoms with Crippen LogP contribution in [0.1, 0.15) is 37.0 Å². The molecule has 3 heterocycles. The number of aromatic nitrogens is 2. The van der Waals surface area contributed by atoms with E-state index in [2.05, 4.69) is 21.8 Å². The molecular weight excluding hydrogens is 520 g/mol. The van der Waals surface area contributed by atoms with Crippen molar-refractivity contribution in [3.8, 4) is 22.6 Å². The van der Waals surface area contributed by atoms with E-state index in [9.17, 15) is 9.90 Å². The largest absolute Gasteiger partial charge is 0.508 e. The lowest BCUT2D eigenvalue weighted by atomic mass is 10.0. The molecule has 2 aromatic carbocycles. The first-order valence-electron chi connectivity index (χ1n) is 13.8. The first kappa shape index (κ1) is 28.0. The number of nitrogens with two attached hydrogens (primary N) is 1. The molecule has 0 radical (unpaired) electrons. The lowest BCUT2D eigenvalue weighted by molar-refractivity contribution is -0.119. The smallest absolute Gasteiger partial charge is 0.216 e. The van der Waals surface area contributed by atoms with Crippen LogP contribution in [0, 0.1) is 6.92 Å². The second-order valence-electron chi connectivity index (χ2n) is 10.2. The van der Waals surface area contributed by atoms with Crippen LogP contribution in [0.5, 0.6) is 11.5 Å². The summed E-state index contributed by atoms with van der Waals surface area (Å²) in [5.41, 5.74) is 13.8. The first-order chi connectivity index (χ1) is 19.8. The number of carbonyl (C=O) groups excluding carboxylic acids is 1. The van der Waals surface area contributed by atoms with Gasteiger partial charge >= 0.3 is 0 Å². The number of aryl methyl sites for hydroxylation is 2. The standard InChI is InChI=1S/C31H36N6O4/c1-4-21-14-24(39)5-8-28(21)36-31(32)27-16-34-37-17-22(15-29(37)30(27)35-23-9-11-40-18-23)26-7-6-25(13-19(26)2)41-12-10-33-20(3)38/h5-8,13-17,23,35,39H,4,9-12,18H2,1-3H3,(H2,32,36)(H,33,38). The Bertz CT molecular complexity index is 1590. The van der Waals surface area contributed by atoms with Gasteiger partial charge in [0, 0.05) is 25.3 Å². The minimum Gasteiger partial charge on any atom is -0.508 e. The van der Waals surface area contributed by atoms with E-state index in [1.807, 2.05) is 42.8 Å². The van der Waals surface area contributed by atoms with Crippen LogP contribution in [0.2, 0.25) is 0 Å². The summed E-state index contributed by atoms with van der Waals surface area (Å²) >= 11 is 0. The normalized spacial score (nSPS) is 15.3. The third-order valence-electron chi connectivity index (χ3n) is 7.13. The molecule has 5 rings (SSSR count). The Hall–Kier alpha value is -4.57. The van der Waals surface area contributed by atoms with Gasteiger partial charge in [-0.2, -0.15) is 5.10 Å². The lowest BCUT2D eigenvalue weighted by Gasteiger charge is -2.17. The molecular formula is C31H36N6O4. The predicted octanol–water partition coefficient (Wildman–Crippen LogP) is 4.33. The van der Waals surface area contributed by atoms with E-state index in [0.29, 0.717) is 49.9 Å². The quantitative estimate of drug-likeness (QED) is 0.130. The van der Waals surface area contributed by atoms with Crippen molar-refractivity contribution >= 4 is 28.6 Å². The molecule has 4 aromatic rings. The Morgan fingerprint density at radius 2 is 2.12 bits per heavy atom. The van der Waals surface area contributed by atoms with Gasteiger partial charge in [-0.15, -0.1) is 0 Å². The summed E-state index contributed by atoms with van der Waals surface area (Å²) in [6.45, 7) is 7.71. The van der Waals surface area contributed by atoms with Gasteiger partial charge in [0.15, 0.2) is 0 Å². The van der Waals surface area contributed by atoms with Crippen molar-refractivity contribution in [2.24, 2.45) is 10.7 Å².